The van der Waals surface area contributed by atoms with Gasteiger partial charge in [-0.2, -0.15) is 0 Å². The van der Waals surface area contributed by atoms with Crippen molar-refractivity contribution in [3.63, 3.8) is 0 Å². The van der Waals surface area contributed by atoms with E-state index in [2.05, 4.69) is 10.6 Å². The molecule has 1 fully saturated rings. The first-order valence-corrected chi connectivity index (χ1v) is 7.01. The minimum atomic E-state index is -0.940. The second-order valence-electron chi connectivity index (χ2n) is 5.50. The second kappa shape index (κ2) is 5.25. The van der Waals surface area contributed by atoms with Crippen LogP contribution in [0.3, 0.4) is 0 Å². The molecule has 1 aromatic carbocycles. The van der Waals surface area contributed by atoms with Gasteiger partial charge in [-0.15, -0.1) is 0 Å². The fourth-order valence-electron chi connectivity index (χ4n) is 2.79. The Morgan fingerprint density at radius 1 is 1.30 bits per heavy atom. The van der Waals surface area contributed by atoms with Crippen molar-refractivity contribution >= 4 is 11.9 Å². The highest BCUT2D eigenvalue weighted by atomic mass is 16.4. The summed E-state index contributed by atoms with van der Waals surface area (Å²) in [7, 11) is 0. The van der Waals surface area contributed by atoms with Crippen molar-refractivity contribution in [1.82, 2.24) is 10.6 Å². The van der Waals surface area contributed by atoms with Gasteiger partial charge in [0, 0.05) is 6.54 Å². The van der Waals surface area contributed by atoms with Crippen molar-refractivity contribution in [2.75, 3.05) is 6.54 Å². The van der Waals surface area contributed by atoms with Crippen molar-refractivity contribution in [1.29, 1.82) is 0 Å². The molecule has 3 rings (SSSR count). The Hall–Kier alpha value is -1.88. The van der Waals surface area contributed by atoms with Gasteiger partial charge in [0.2, 0.25) is 5.91 Å². The molecule has 1 saturated carbocycles. The predicted octanol–water partition coefficient (Wildman–Crippen LogP) is 0.853. The molecule has 5 nitrogen and oxygen atoms in total. The van der Waals surface area contributed by atoms with Gasteiger partial charge in [-0.3, -0.25) is 4.79 Å². The van der Waals surface area contributed by atoms with Crippen LogP contribution in [0.15, 0.2) is 24.3 Å². The molecule has 5 heteroatoms. The SMILES string of the molecule is O=C(NC(C(=O)O)C1CC1)C1NCCc2ccccc21. The van der Waals surface area contributed by atoms with Crippen LogP contribution >= 0.6 is 0 Å². The molecule has 0 radical (unpaired) electrons. The smallest absolute Gasteiger partial charge is 0.326 e. The summed E-state index contributed by atoms with van der Waals surface area (Å²) >= 11 is 0. The van der Waals surface area contributed by atoms with E-state index in [1.54, 1.807) is 0 Å². The van der Waals surface area contributed by atoms with E-state index >= 15 is 0 Å². The number of aliphatic carboxylic acids is 1. The fourth-order valence-corrected chi connectivity index (χ4v) is 2.79. The molecule has 2 unspecified atom stereocenters. The third kappa shape index (κ3) is 2.54. The van der Waals surface area contributed by atoms with Gasteiger partial charge in [0.1, 0.15) is 12.1 Å². The van der Waals surface area contributed by atoms with Crippen molar-refractivity contribution < 1.29 is 14.7 Å². The highest BCUT2D eigenvalue weighted by molar-refractivity contribution is 5.88. The first-order valence-electron chi connectivity index (χ1n) is 7.01. The third-order valence-electron chi connectivity index (χ3n) is 4.03. The molecule has 0 saturated heterocycles. The van der Waals surface area contributed by atoms with E-state index in [0.29, 0.717) is 0 Å². The molecule has 1 aliphatic heterocycles. The average molecular weight is 274 g/mol. The summed E-state index contributed by atoms with van der Waals surface area (Å²) in [6.07, 6.45) is 2.66. The zero-order valence-corrected chi connectivity index (χ0v) is 11.1. The molecular weight excluding hydrogens is 256 g/mol. The first-order chi connectivity index (χ1) is 9.66. The van der Waals surface area contributed by atoms with Crippen LogP contribution in [-0.2, 0) is 16.0 Å². The number of amides is 1. The average Bonchev–Trinajstić information content (AvgIpc) is 3.28. The van der Waals surface area contributed by atoms with E-state index in [1.807, 2.05) is 24.3 Å². The lowest BCUT2D eigenvalue weighted by Gasteiger charge is -2.27. The largest absolute Gasteiger partial charge is 0.480 e. The van der Waals surface area contributed by atoms with Crippen LogP contribution in [-0.4, -0.2) is 29.6 Å². The molecule has 1 aromatic rings. The Morgan fingerprint density at radius 2 is 2.05 bits per heavy atom. The molecule has 0 aromatic heterocycles. The maximum Gasteiger partial charge on any atom is 0.326 e. The van der Waals surface area contributed by atoms with Crippen LogP contribution < -0.4 is 10.6 Å². The number of carboxylic acid groups (broad SMARTS) is 1. The van der Waals surface area contributed by atoms with E-state index < -0.39 is 18.1 Å². The number of carboxylic acids is 1. The minimum absolute atomic E-state index is 0.0929. The zero-order valence-electron chi connectivity index (χ0n) is 11.1. The second-order valence-corrected chi connectivity index (χ2v) is 5.50. The van der Waals surface area contributed by atoms with Gasteiger partial charge >= 0.3 is 5.97 Å². The topological polar surface area (TPSA) is 78.4 Å². The molecule has 0 bridgehead atoms. The van der Waals surface area contributed by atoms with Crippen molar-refractivity contribution in [2.45, 2.75) is 31.3 Å². The number of carbonyl (C=O) groups is 2. The number of hydrogen-bond acceptors (Lipinski definition) is 3. The maximum atomic E-state index is 12.4. The molecule has 0 spiro atoms. The predicted molar refractivity (Wildman–Crippen MR) is 73.2 cm³/mol. The molecule has 1 amide bonds. The fraction of sp³-hybridized carbons (Fsp3) is 0.467. The number of hydrogen-bond donors (Lipinski definition) is 3. The van der Waals surface area contributed by atoms with Crippen LogP contribution in [0.1, 0.15) is 30.0 Å². The Labute approximate surface area is 117 Å². The Kier molecular flexibility index (Phi) is 3.44. The van der Waals surface area contributed by atoms with E-state index in [0.717, 1.165) is 36.9 Å². The summed E-state index contributed by atoms with van der Waals surface area (Å²) in [5, 5.41) is 15.1. The number of carbonyl (C=O) groups excluding carboxylic acids is 1. The van der Waals surface area contributed by atoms with E-state index in [1.165, 1.54) is 0 Å². The van der Waals surface area contributed by atoms with Crippen LogP contribution in [0.5, 0.6) is 0 Å². The number of nitrogens with one attached hydrogen (secondary N) is 2. The van der Waals surface area contributed by atoms with Gasteiger partial charge < -0.3 is 15.7 Å². The highest BCUT2D eigenvalue weighted by Gasteiger charge is 2.39. The van der Waals surface area contributed by atoms with Crippen LogP contribution in [0.2, 0.25) is 0 Å². The van der Waals surface area contributed by atoms with Crippen molar-refractivity contribution in [2.24, 2.45) is 5.92 Å². The van der Waals surface area contributed by atoms with Gasteiger partial charge in [-0.1, -0.05) is 24.3 Å². The van der Waals surface area contributed by atoms with E-state index in [4.69, 9.17) is 0 Å². The number of benzene rings is 1. The first kappa shape index (κ1) is 13.1. The molecular formula is C15H18N2O3. The van der Waals surface area contributed by atoms with E-state index in [-0.39, 0.29) is 11.8 Å². The molecule has 20 heavy (non-hydrogen) atoms. The quantitative estimate of drug-likeness (QED) is 0.760. The van der Waals surface area contributed by atoms with Crippen molar-refractivity contribution in [3.8, 4) is 0 Å². The monoisotopic (exact) mass is 274 g/mol. The minimum Gasteiger partial charge on any atom is -0.480 e. The van der Waals surface area contributed by atoms with E-state index in [9.17, 15) is 14.7 Å². The molecule has 106 valence electrons. The summed E-state index contributed by atoms with van der Waals surface area (Å²) in [4.78, 5) is 23.6. The number of rotatable bonds is 4. The standard InChI is InChI=1S/C15H18N2O3/c18-14(17-12(15(19)20)10-5-6-10)13-11-4-2-1-3-9(11)7-8-16-13/h1-4,10,12-13,16H,5-8H2,(H,17,18)(H,19,20). The summed E-state index contributed by atoms with van der Waals surface area (Å²) in [5.41, 5.74) is 2.11. The van der Waals surface area contributed by atoms with Gasteiger partial charge in [-0.05, 0) is 36.3 Å². The Morgan fingerprint density at radius 3 is 2.75 bits per heavy atom. The summed E-state index contributed by atoms with van der Waals surface area (Å²) in [6.45, 7) is 0.732. The number of fused-ring (bicyclic) bond motifs is 1. The lowest BCUT2D eigenvalue weighted by atomic mass is 9.93. The lowest BCUT2D eigenvalue weighted by molar-refractivity contribution is -0.142. The maximum absolute atomic E-state index is 12.4. The Balaban J connectivity index is 1.76. The van der Waals surface area contributed by atoms with Gasteiger partial charge in [0.15, 0.2) is 0 Å². The van der Waals surface area contributed by atoms with Crippen LogP contribution in [0, 0.1) is 5.92 Å². The highest BCUT2D eigenvalue weighted by Crippen LogP contribution is 2.33. The summed E-state index contributed by atoms with van der Waals surface area (Å²) in [5.74, 6) is -1.09. The molecule has 2 aliphatic rings. The molecule has 3 N–H and O–H groups in total. The van der Waals surface area contributed by atoms with Gasteiger partial charge in [-0.25, -0.2) is 4.79 Å². The summed E-state index contributed by atoms with van der Waals surface area (Å²) in [6, 6.07) is 6.62. The van der Waals surface area contributed by atoms with Gasteiger partial charge in [0.25, 0.3) is 0 Å². The summed E-state index contributed by atoms with van der Waals surface area (Å²) < 4.78 is 0. The van der Waals surface area contributed by atoms with Crippen LogP contribution in [0.4, 0.5) is 0 Å². The molecule has 2 atom stereocenters. The van der Waals surface area contributed by atoms with Crippen LogP contribution in [0.25, 0.3) is 0 Å². The van der Waals surface area contributed by atoms with Crippen molar-refractivity contribution in [3.05, 3.63) is 35.4 Å². The molecule has 1 heterocycles. The Bertz CT molecular complexity index is 540. The zero-order chi connectivity index (χ0) is 14.1. The lowest BCUT2D eigenvalue weighted by Crippen LogP contribution is -2.48. The molecule has 1 aliphatic carbocycles. The third-order valence-corrected chi connectivity index (χ3v) is 4.03. The van der Waals surface area contributed by atoms with Gasteiger partial charge in [0.05, 0.1) is 0 Å². The normalized spacial score (nSPS) is 22.7.